The van der Waals surface area contributed by atoms with Crippen LogP contribution in [0.25, 0.3) is 0 Å². The highest BCUT2D eigenvalue weighted by molar-refractivity contribution is 8.03. The molecule has 3 rings (SSSR count). The van der Waals surface area contributed by atoms with Crippen molar-refractivity contribution in [2.75, 3.05) is 0 Å². The molecule has 1 aliphatic heterocycles. The van der Waals surface area contributed by atoms with Crippen molar-refractivity contribution in [1.29, 1.82) is 5.26 Å². The number of nitrogens with one attached hydrogen (secondary N) is 1. The zero-order valence-electron chi connectivity index (χ0n) is 16.4. The number of nitriles is 1. The van der Waals surface area contributed by atoms with E-state index in [0.717, 1.165) is 23.3 Å². The smallest absolute Gasteiger partial charge is 0.235 e. The quantitative estimate of drug-likeness (QED) is 0.787. The molecule has 1 aromatic rings. The lowest BCUT2D eigenvalue weighted by molar-refractivity contribution is -0.119. The summed E-state index contributed by atoms with van der Waals surface area (Å²) in [7, 11) is 0. The molecular weight excluding hydrogens is 370 g/mol. The Balaban J connectivity index is 2.01. The normalized spacial score (nSPS) is 22.2. The molecule has 6 heteroatoms. The van der Waals surface area contributed by atoms with E-state index in [4.69, 9.17) is 5.73 Å². The first kappa shape index (κ1) is 20.2. The zero-order valence-corrected chi connectivity index (χ0v) is 17.2. The van der Waals surface area contributed by atoms with Crippen molar-refractivity contribution in [1.82, 2.24) is 5.32 Å². The molecule has 0 aromatic heterocycles. The van der Waals surface area contributed by atoms with Crippen LogP contribution in [0.5, 0.6) is 0 Å². The maximum atomic E-state index is 12.8. The maximum Gasteiger partial charge on any atom is 0.235 e. The van der Waals surface area contributed by atoms with Crippen LogP contribution in [0, 0.1) is 22.7 Å². The van der Waals surface area contributed by atoms with Gasteiger partial charge in [-0.1, -0.05) is 62.9 Å². The molecule has 2 aliphatic rings. The van der Waals surface area contributed by atoms with Gasteiger partial charge in [0.25, 0.3) is 0 Å². The Kier molecular flexibility index (Phi) is 5.66. The van der Waals surface area contributed by atoms with Crippen LogP contribution < -0.4 is 11.1 Å². The number of nitrogens with two attached hydrogens (primary N) is 1. The average molecular weight is 396 g/mol. The van der Waals surface area contributed by atoms with Crippen LogP contribution in [0.2, 0.25) is 0 Å². The molecule has 0 radical (unpaired) electrons. The topological polar surface area (TPSA) is 96.0 Å². The van der Waals surface area contributed by atoms with Crippen LogP contribution in [-0.4, -0.2) is 11.7 Å². The summed E-state index contributed by atoms with van der Waals surface area (Å²) in [5.74, 6) is -0.593. The third kappa shape index (κ3) is 3.85. The molecule has 0 spiro atoms. The third-order valence-electron chi connectivity index (χ3n) is 5.25. The highest BCUT2D eigenvalue weighted by Gasteiger charge is 2.41. The summed E-state index contributed by atoms with van der Waals surface area (Å²) in [6, 6.07) is 11.6. The van der Waals surface area contributed by atoms with Gasteiger partial charge in [-0.05, 0) is 23.8 Å². The van der Waals surface area contributed by atoms with E-state index in [-0.39, 0.29) is 17.1 Å². The Morgan fingerprint density at radius 2 is 2.04 bits per heavy atom. The van der Waals surface area contributed by atoms with Crippen molar-refractivity contribution in [2.24, 2.45) is 17.1 Å². The minimum Gasteiger partial charge on any atom is -0.368 e. The summed E-state index contributed by atoms with van der Waals surface area (Å²) in [6.07, 6.45) is 1.88. The number of benzene rings is 1. The number of amides is 1. The molecule has 5 nitrogen and oxygen atoms in total. The minimum absolute atomic E-state index is 0.108. The van der Waals surface area contributed by atoms with Crippen LogP contribution in [0.4, 0.5) is 0 Å². The number of dihydropyridines is 1. The molecule has 0 saturated heterocycles. The van der Waals surface area contributed by atoms with Gasteiger partial charge in [0, 0.05) is 23.6 Å². The Morgan fingerprint density at radius 3 is 2.61 bits per heavy atom. The van der Waals surface area contributed by atoms with Crippen LogP contribution in [0.3, 0.4) is 0 Å². The van der Waals surface area contributed by atoms with Gasteiger partial charge >= 0.3 is 0 Å². The Morgan fingerprint density at radius 1 is 1.36 bits per heavy atom. The van der Waals surface area contributed by atoms with E-state index in [9.17, 15) is 14.9 Å². The molecular formula is C22H25N3O2S. The van der Waals surface area contributed by atoms with Crippen LogP contribution in [0.15, 0.2) is 52.2 Å². The predicted molar refractivity (Wildman–Crippen MR) is 111 cm³/mol. The third-order valence-corrected chi connectivity index (χ3v) is 6.55. The van der Waals surface area contributed by atoms with Crippen molar-refractivity contribution in [3.8, 4) is 6.07 Å². The number of carbonyl (C=O) groups excluding carboxylic acids is 2. The van der Waals surface area contributed by atoms with Gasteiger partial charge in [-0.15, -0.1) is 0 Å². The number of nitrogens with zero attached hydrogens (tertiary/aromatic N) is 1. The number of allylic oxidation sites excluding steroid dienone is 3. The van der Waals surface area contributed by atoms with E-state index in [2.05, 4.69) is 25.2 Å². The largest absolute Gasteiger partial charge is 0.368 e. The Bertz CT molecular complexity index is 909. The number of hydrogen-bond donors (Lipinski definition) is 2. The van der Waals surface area contributed by atoms with Crippen LogP contribution in [-0.2, 0) is 9.59 Å². The van der Waals surface area contributed by atoms with Crippen molar-refractivity contribution >= 4 is 23.5 Å². The number of Topliss-reactive ketones (excluding diaryl/α,β-unsaturated/α-hetero) is 1. The minimum atomic E-state index is -0.612. The average Bonchev–Trinajstić information content (AvgIpc) is 2.64. The molecule has 2 atom stereocenters. The summed E-state index contributed by atoms with van der Waals surface area (Å²) in [5.41, 5.74) is 8.46. The zero-order chi connectivity index (χ0) is 20.5. The molecule has 1 aromatic carbocycles. The lowest BCUT2D eigenvalue weighted by Crippen LogP contribution is -2.37. The van der Waals surface area contributed by atoms with Gasteiger partial charge in [0.2, 0.25) is 5.91 Å². The molecule has 146 valence electrons. The standard InChI is InChI=1S/C22H25N3O2S/c1-4-14-15(12-23)21(25-16-10-22(2,3)11-17(26)18(14)16)28-19(20(24)27)13-8-6-5-7-9-13/h5-9,14,19,25H,4,10-11H2,1-3H3,(H2,24,27). The summed E-state index contributed by atoms with van der Waals surface area (Å²) in [6.45, 7) is 6.13. The predicted octanol–water partition coefficient (Wildman–Crippen LogP) is 3.95. The van der Waals surface area contributed by atoms with E-state index in [1.165, 1.54) is 11.8 Å². The lowest BCUT2D eigenvalue weighted by atomic mass is 9.70. The van der Waals surface area contributed by atoms with Crippen LogP contribution >= 0.6 is 11.8 Å². The molecule has 1 aliphatic carbocycles. The first-order chi connectivity index (χ1) is 13.3. The monoisotopic (exact) mass is 395 g/mol. The molecule has 2 unspecified atom stereocenters. The molecule has 0 bridgehead atoms. The highest BCUT2D eigenvalue weighted by Crippen LogP contribution is 2.47. The molecule has 0 saturated carbocycles. The Labute approximate surface area is 170 Å². The molecule has 0 fully saturated rings. The van der Waals surface area contributed by atoms with E-state index in [1.54, 1.807) is 0 Å². The lowest BCUT2D eigenvalue weighted by Gasteiger charge is -2.39. The fourth-order valence-corrected chi connectivity index (χ4v) is 5.17. The van der Waals surface area contributed by atoms with Crippen molar-refractivity contribution in [3.63, 3.8) is 0 Å². The second kappa shape index (κ2) is 7.84. The molecule has 1 amide bonds. The molecule has 1 heterocycles. The number of carbonyl (C=O) groups is 2. The van der Waals surface area contributed by atoms with Crippen LogP contribution in [0.1, 0.15) is 50.8 Å². The second-order valence-corrected chi connectivity index (χ2v) is 9.20. The fourth-order valence-electron chi connectivity index (χ4n) is 4.02. The van der Waals surface area contributed by atoms with Crippen molar-refractivity contribution in [3.05, 3.63) is 57.8 Å². The van der Waals surface area contributed by atoms with Gasteiger partial charge in [-0.25, -0.2) is 0 Å². The Hall–Kier alpha value is -2.52. The summed E-state index contributed by atoms with van der Waals surface area (Å²) in [5, 5.41) is 13.2. The van der Waals surface area contributed by atoms with Gasteiger partial charge in [0.1, 0.15) is 5.25 Å². The summed E-state index contributed by atoms with van der Waals surface area (Å²) in [4.78, 5) is 25.0. The van der Waals surface area contributed by atoms with Gasteiger partial charge in [0.05, 0.1) is 16.7 Å². The van der Waals surface area contributed by atoms with E-state index < -0.39 is 11.2 Å². The summed E-state index contributed by atoms with van der Waals surface area (Å²) < 4.78 is 0. The van der Waals surface area contributed by atoms with E-state index >= 15 is 0 Å². The number of primary amides is 1. The fraction of sp³-hybridized carbons (Fsp3) is 0.409. The van der Waals surface area contributed by atoms with Gasteiger partial charge in [-0.2, -0.15) is 5.26 Å². The number of rotatable bonds is 5. The van der Waals surface area contributed by atoms with Gasteiger partial charge < -0.3 is 11.1 Å². The highest BCUT2D eigenvalue weighted by atomic mass is 32.2. The van der Waals surface area contributed by atoms with Gasteiger partial charge in [-0.3, -0.25) is 9.59 Å². The number of hydrogen-bond acceptors (Lipinski definition) is 5. The van der Waals surface area contributed by atoms with Gasteiger partial charge in [0.15, 0.2) is 5.78 Å². The molecule has 28 heavy (non-hydrogen) atoms. The SMILES string of the molecule is CCC1C(C#N)=C(SC(C(N)=O)c2ccccc2)NC2=C1C(=O)CC(C)(C)C2. The van der Waals surface area contributed by atoms with Crippen molar-refractivity contribution < 1.29 is 9.59 Å². The van der Waals surface area contributed by atoms with E-state index in [1.807, 2.05) is 37.3 Å². The molecule has 3 N–H and O–H groups in total. The first-order valence-electron chi connectivity index (χ1n) is 9.46. The number of ketones is 1. The second-order valence-electron chi connectivity index (χ2n) is 8.08. The maximum absolute atomic E-state index is 12.8. The number of thioether (sulfide) groups is 1. The summed E-state index contributed by atoms with van der Waals surface area (Å²) >= 11 is 1.26. The van der Waals surface area contributed by atoms with Crippen molar-refractivity contribution in [2.45, 2.75) is 45.3 Å². The van der Waals surface area contributed by atoms with E-state index in [0.29, 0.717) is 23.4 Å². The first-order valence-corrected chi connectivity index (χ1v) is 10.3.